The molecule has 1 heterocycles. The van der Waals surface area contributed by atoms with E-state index in [1.54, 1.807) is 25.1 Å². The summed E-state index contributed by atoms with van der Waals surface area (Å²) in [6.07, 6.45) is 1.63. The number of rotatable bonds is 6. The maximum absolute atomic E-state index is 12.4. The van der Waals surface area contributed by atoms with E-state index in [2.05, 4.69) is 66.1 Å². The monoisotopic (exact) mass is 744 g/mol. The number of nitro benzene ring substituents is 1. The Hall–Kier alpha value is -2.32. The van der Waals surface area contributed by atoms with Crippen LogP contribution >= 0.6 is 61.1 Å². The number of esters is 1. The molecule has 0 fully saturated rings. The maximum atomic E-state index is 12.4. The Labute approximate surface area is 230 Å². The number of aliphatic imine (C=N–C) groups is 1. The molecule has 0 radical (unpaired) electrons. The summed E-state index contributed by atoms with van der Waals surface area (Å²) in [5.41, 5.74) is 2.75. The molecule has 0 atom stereocenters. The first-order valence-electron chi connectivity index (χ1n) is 9.85. The lowest BCUT2D eigenvalue weighted by Crippen LogP contribution is -2.06. The highest BCUT2D eigenvalue weighted by Crippen LogP contribution is 2.31. The number of nitrogens with zero attached hydrogens (tertiary/aromatic N) is 2. The van der Waals surface area contributed by atoms with E-state index in [1.165, 1.54) is 6.07 Å². The van der Waals surface area contributed by atoms with Gasteiger partial charge in [0.15, 0.2) is 5.70 Å². The van der Waals surface area contributed by atoms with Gasteiger partial charge >= 0.3 is 5.97 Å². The highest BCUT2D eigenvalue weighted by atomic mass is 127. The third-order valence-corrected chi connectivity index (χ3v) is 7.02. The van der Waals surface area contributed by atoms with Gasteiger partial charge in [-0.25, -0.2) is 9.79 Å². The average Bonchev–Trinajstić information content (AvgIpc) is 3.14. The lowest BCUT2D eigenvalue weighted by molar-refractivity contribution is -0.385. The van der Waals surface area contributed by atoms with Crippen LogP contribution in [0, 0.1) is 24.2 Å². The van der Waals surface area contributed by atoms with Gasteiger partial charge in [-0.1, -0.05) is 34.1 Å². The van der Waals surface area contributed by atoms with E-state index in [4.69, 9.17) is 9.47 Å². The van der Waals surface area contributed by atoms with Crippen molar-refractivity contribution in [2.75, 3.05) is 0 Å². The van der Waals surface area contributed by atoms with Crippen molar-refractivity contribution in [1.82, 2.24) is 0 Å². The lowest BCUT2D eigenvalue weighted by Gasteiger charge is -2.11. The Morgan fingerprint density at radius 2 is 1.79 bits per heavy atom. The molecule has 0 saturated carbocycles. The summed E-state index contributed by atoms with van der Waals surface area (Å²) in [7, 11) is 0. The number of hydrogen-bond acceptors (Lipinski definition) is 6. The Balaban J connectivity index is 1.57. The van der Waals surface area contributed by atoms with Gasteiger partial charge in [0, 0.05) is 21.7 Å². The Morgan fingerprint density at radius 3 is 2.44 bits per heavy atom. The second-order valence-corrected chi connectivity index (χ2v) is 10.6. The van der Waals surface area contributed by atoms with Gasteiger partial charge in [0.05, 0.1) is 12.1 Å². The zero-order valence-electron chi connectivity index (χ0n) is 17.6. The molecule has 0 aliphatic carbocycles. The van der Waals surface area contributed by atoms with Gasteiger partial charge in [0.25, 0.3) is 5.69 Å². The minimum Gasteiger partial charge on any atom is -0.487 e. The predicted octanol–water partition coefficient (Wildman–Crippen LogP) is 6.80. The average molecular weight is 745 g/mol. The summed E-state index contributed by atoms with van der Waals surface area (Å²) in [6.45, 7) is 2.08. The Morgan fingerprint density at radius 1 is 1.12 bits per heavy atom. The van der Waals surface area contributed by atoms with E-state index in [0.29, 0.717) is 17.7 Å². The number of halogens is 3. The summed E-state index contributed by atoms with van der Waals surface area (Å²) >= 11 is 7.81. The van der Waals surface area contributed by atoms with Gasteiger partial charge in [0.1, 0.15) is 12.4 Å². The van der Waals surface area contributed by atoms with Crippen molar-refractivity contribution >= 4 is 84.7 Å². The molecule has 4 rings (SSSR count). The third kappa shape index (κ3) is 5.66. The molecule has 0 saturated heterocycles. The molecule has 7 nitrogen and oxygen atoms in total. The minimum absolute atomic E-state index is 0.0400. The van der Waals surface area contributed by atoms with E-state index in [9.17, 15) is 14.9 Å². The third-order valence-electron chi connectivity index (χ3n) is 4.89. The maximum Gasteiger partial charge on any atom is 0.363 e. The normalized spacial score (nSPS) is 14.2. The minimum atomic E-state index is -0.612. The molecule has 0 bridgehead atoms. The second-order valence-electron chi connectivity index (χ2n) is 7.32. The topological polar surface area (TPSA) is 91.0 Å². The van der Waals surface area contributed by atoms with Crippen molar-refractivity contribution in [3.05, 3.63) is 104 Å². The highest BCUT2D eigenvalue weighted by Gasteiger charge is 2.26. The molecular weight excluding hydrogens is 730 g/mol. The van der Waals surface area contributed by atoms with Crippen LogP contribution < -0.4 is 4.74 Å². The fourth-order valence-electron chi connectivity index (χ4n) is 3.17. The molecule has 0 aromatic heterocycles. The number of benzene rings is 3. The van der Waals surface area contributed by atoms with E-state index in [0.717, 1.165) is 28.5 Å². The van der Waals surface area contributed by atoms with Crippen LogP contribution in [0.2, 0.25) is 0 Å². The van der Waals surface area contributed by atoms with Gasteiger partial charge in [-0.3, -0.25) is 10.1 Å². The molecule has 3 aromatic carbocycles. The first-order chi connectivity index (χ1) is 16.2. The van der Waals surface area contributed by atoms with Crippen molar-refractivity contribution < 1.29 is 19.2 Å². The second kappa shape index (κ2) is 10.5. The molecule has 1 aliphatic rings. The number of nitro groups is 1. The number of hydrogen-bond donors (Lipinski definition) is 0. The van der Waals surface area contributed by atoms with Crippen molar-refractivity contribution in [3.8, 4) is 5.75 Å². The number of ether oxygens (including phenoxy) is 2. The van der Waals surface area contributed by atoms with Crippen molar-refractivity contribution in [1.29, 1.82) is 0 Å². The smallest absolute Gasteiger partial charge is 0.363 e. The van der Waals surface area contributed by atoms with Crippen LogP contribution in [0.3, 0.4) is 0 Å². The number of carbonyl (C=O) groups is 1. The fourth-order valence-corrected chi connectivity index (χ4v) is 5.56. The van der Waals surface area contributed by atoms with Crippen molar-refractivity contribution in [2.24, 2.45) is 4.99 Å². The SMILES string of the molecule is Cc1ccc(C2=N/C(=C\c3cc(I)c(OCc4ccc(Br)cc4)c(I)c3)C(=O)O2)cc1[N+](=O)[O-]. The first-order valence-corrected chi connectivity index (χ1v) is 12.8. The lowest BCUT2D eigenvalue weighted by atomic mass is 10.1. The number of aryl methyl sites for hydroxylation is 1. The van der Waals surface area contributed by atoms with E-state index in [1.807, 2.05) is 36.4 Å². The molecule has 0 unspecified atom stereocenters. The summed E-state index contributed by atoms with van der Waals surface area (Å²) in [5, 5.41) is 11.2. The highest BCUT2D eigenvalue weighted by molar-refractivity contribution is 14.1. The molecule has 0 amide bonds. The Bertz CT molecular complexity index is 1350. The van der Waals surface area contributed by atoms with Crippen LogP contribution in [0.15, 0.2) is 69.8 Å². The van der Waals surface area contributed by atoms with Crippen LogP contribution in [0.25, 0.3) is 6.08 Å². The molecule has 3 aromatic rings. The van der Waals surface area contributed by atoms with Crippen LogP contribution in [0.1, 0.15) is 22.3 Å². The molecule has 0 N–H and O–H groups in total. The molecule has 10 heteroatoms. The molecule has 172 valence electrons. The molecule has 34 heavy (non-hydrogen) atoms. The van der Waals surface area contributed by atoms with Gasteiger partial charge < -0.3 is 9.47 Å². The number of carbonyl (C=O) groups excluding carboxylic acids is 1. The van der Waals surface area contributed by atoms with Crippen LogP contribution in [0.4, 0.5) is 5.69 Å². The van der Waals surface area contributed by atoms with E-state index >= 15 is 0 Å². The van der Waals surface area contributed by atoms with Crippen LogP contribution in [-0.4, -0.2) is 16.8 Å². The van der Waals surface area contributed by atoms with Crippen LogP contribution in [-0.2, 0) is 16.1 Å². The zero-order chi connectivity index (χ0) is 24.4. The van der Waals surface area contributed by atoms with E-state index in [-0.39, 0.29) is 17.3 Å². The number of cyclic esters (lactones) is 1. The van der Waals surface area contributed by atoms with Gasteiger partial charge in [-0.15, -0.1) is 0 Å². The van der Waals surface area contributed by atoms with Gasteiger partial charge in [0.2, 0.25) is 5.90 Å². The van der Waals surface area contributed by atoms with Gasteiger partial charge in [-0.05, 0) is 99.6 Å². The summed E-state index contributed by atoms with van der Waals surface area (Å²) < 4.78 is 14.1. The predicted molar refractivity (Wildman–Crippen MR) is 149 cm³/mol. The molecular formula is C24H15BrI2N2O5. The first kappa shape index (κ1) is 24.8. The standard InChI is InChI=1S/C24H15BrI2N2O5/c1-13-2-5-16(11-21(13)29(31)32)23-28-20(24(30)34-23)10-15-8-18(26)22(19(27)9-15)33-12-14-3-6-17(25)7-4-14/h2-11H,12H2,1H3/b20-10-. The van der Waals surface area contributed by atoms with Gasteiger partial charge in [-0.2, -0.15) is 0 Å². The fraction of sp³-hybridized carbons (Fsp3) is 0.0833. The van der Waals surface area contributed by atoms with Crippen molar-refractivity contribution in [3.63, 3.8) is 0 Å². The largest absolute Gasteiger partial charge is 0.487 e. The molecule has 1 aliphatic heterocycles. The quantitative estimate of drug-likeness (QED) is 0.0912. The zero-order valence-corrected chi connectivity index (χ0v) is 23.5. The molecule has 0 spiro atoms. The summed E-state index contributed by atoms with van der Waals surface area (Å²) in [5.74, 6) is 0.188. The Kier molecular flexibility index (Phi) is 7.67. The van der Waals surface area contributed by atoms with Crippen molar-refractivity contribution in [2.45, 2.75) is 13.5 Å². The van der Waals surface area contributed by atoms with E-state index < -0.39 is 10.9 Å². The van der Waals surface area contributed by atoms with Crippen LogP contribution in [0.5, 0.6) is 5.75 Å². The summed E-state index contributed by atoms with van der Waals surface area (Å²) in [4.78, 5) is 27.4. The summed E-state index contributed by atoms with van der Waals surface area (Å²) in [6, 6.07) is 16.3.